The monoisotopic (exact) mass is 412 g/mol. The van der Waals surface area contributed by atoms with Crippen LogP contribution in [0.1, 0.15) is 35.1 Å². The van der Waals surface area contributed by atoms with E-state index < -0.39 is 0 Å². The average Bonchev–Trinajstić information content (AvgIpc) is 2.80. The fourth-order valence-corrected chi connectivity index (χ4v) is 4.48. The van der Waals surface area contributed by atoms with Gasteiger partial charge in [-0.25, -0.2) is 0 Å². The van der Waals surface area contributed by atoms with Crippen molar-refractivity contribution in [1.82, 2.24) is 9.80 Å². The van der Waals surface area contributed by atoms with Crippen LogP contribution in [0.25, 0.3) is 0 Å². The summed E-state index contributed by atoms with van der Waals surface area (Å²) in [4.78, 5) is 18.1. The first kappa shape index (κ1) is 21.3. The molecular weight excluding hydrogens is 380 g/mol. The molecule has 0 atom stereocenters. The summed E-state index contributed by atoms with van der Waals surface area (Å²) >= 11 is 0. The van der Waals surface area contributed by atoms with E-state index in [-0.39, 0.29) is 5.92 Å². The first-order valence-electron chi connectivity index (χ1n) is 11.3. The summed E-state index contributed by atoms with van der Waals surface area (Å²) in [5.74, 6) is 0.407. The van der Waals surface area contributed by atoms with E-state index in [1.54, 1.807) is 0 Å². The summed E-state index contributed by atoms with van der Waals surface area (Å²) in [5.41, 5.74) is 5.03. The summed E-state index contributed by atoms with van der Waals surface area (Å²) in [6.07, 6.45) is 1.87. The lowest BCUT2D eigenvalue weighted by molar-refractivity contribution is -0.138. The van der Waals surface area contributed by atoms with Crippen LogP contribution in [0.3, 0.4) is 0 Å². The van der Waals surface area contributed by atoms with Crippen LogP contribution in [0.5, 0.6) is 0 Å². The smallest absolute Gasteiger partial charge is 0.226 e. The van der Waals surface area contributed by atoms with Gasteiger partial charge in [0.05, 0.1) is 0 Å². The van der Waals surface area contributed by atoms with Gasteiger partial charge in [0.15, 0.2) is 0 Å². The Morgan fingerprint density at radius 2 is 1.35 bits per heavy atom. The third-order valence-corrected chi connectivity index (χ3v) is 6.17. The maximum Gasteiger partial charge on any atom is 0.226 e. The van der Waals surface area contributed by atoms with Gasteiger partial charge < -0.3 is 4.90 Å². The van der Waals surface area contributed by atoms with Crippen molar-refractivity contribution in [2.45, 2.75) is 39.4 Å². The molecule has 1 heterocycles. The maximum atomic E-state index is 13.5. The van der Waals surface area contributed by atoms with Gasteiger partial charge in [-0.3, -0.25) is 9.69 Å². The quantitative estimate of drug-likeness (QED) is 0.516. The van der Waals surface area contributed by atoms with Crippen molar-refractivity contribution in [2.24, 2.45) is 5.92 Å². The Kier molecular flexibility index (Phi) is 7.16. The number of benzene rings is 3. The summed E-state index contributed by atoms with van der Waals surface area (Å²) in [5, 5.41) is 0. The Morgan fingerprint density at radius 1 is 0.806 bits per heavy atom. The van der Waals surface area contributed by atoms with Crippen molar-refractivity contribution in [3.63, 3.8) is 0 Å². The van der Waals surface area contributed by atoms with E-state index in [1.807, 2.05) is 41.3 Å². The molecule has 1 aliphatic rings. The average molecular weight is 413 g/mol. The Balaban J connectivity index is 1.39. The summed E-state index contributed by atoms with van der Waals surface area (Å²) in [6, 6.07) is 29.4. The van der Waals surface area contributed by atoms with Crippen LogP contribution in [0, 0.1) is 12.8 Å². The lowest BCUT2D eigenvalue weighted by Crippen LogP contribution is -2.42. The third kappa shape index (κ3) is 6.05. The third-order valence-electron chi connectivity index (χ3n) is 6.17. The number of amides is 1. The van der Waals surface area contributed by atoms with Crippen molar-refractivity contribution < 1.29 is 4.79 Å². The van der Waals surface area contributed by atoms with Gasteiger partial charge in [0, 0.05) is 25.6 Å². The molecule has 0 unspecified atom stereocenters. The molecule has 31 heavy (non-hydrogen) atoms. The van der Waals surface area contributed by atoms with Crippen molar-refractivity contribution in [3.8, 4) is 0 Å². The number of nitrogens with zero attached hydrogens (tertiary/aromatic N) is 2. The number of piperidine rings is 1. The minimum absolute atomic E-state index is 0.112. The van der Waals surface area contributed by atoms with E-state index >= 15 is 0 Å². The van der Waals surface area contributed by atoms with Crippen LogP contribution >= 0.6 is 0 Å². The topological polar surface area (TPSA) is 23.6 Å². The molecule has 0 saturated carbocycles. The maximum absolute atomic E-state index is 13.5. The predicted octanol–water partition coefficient (Wildman–Crippen LogP) is 5.44. The van der Waals surface area contributed by atoms with Gasteiger partial charge in [0.25, 0.3) is 0 Å². The largest absolute Gasteiger partial charge is 0.334 e. The number of rotatable bonds is 7. The standard InChI is InChI=1S/C28H32N2O/c1-23-9-8-14-26(19-23)20-29-17-15-27(16-18-29)28(31)30(21-24-10-4-2-5-11-24)22-25-12-6-3-7-13-25/h2-14,19,27H,15-18,20-22H2,1H3. The molecule has 0 aromatic heterocycles. The molecule has 3 heteroatoms. The number of aryl methyl sites for hydroxylation is 1. The molecule has 1 aliphatic heterocycles. The second-order valence-corrected chi connectivity index (χ2v) is 8.70. The van der Waals surface area contributed by atoms with Gasteiger partial charge >= 0.3 is 0 Å². The Morgan fingerprint density at radius 3 is 1.90 bits per heavy atom. The van der Waals surface area contributed by atoms with Crippen LogP contribution in [0.15, 0.2) is 84.9 Å². The fraction of sp³-hybridized carbons (Fsp3) is 0.321. The second-order valence-electron chi connectivity index (χ2n) is 8.70. The van der Waals surface area contributed by atoms with E-state index in [0.717, 1.165) is 32.5 Å². The molecule has 4 rings (SSSR count). The van der Waals surface area contributed by atoms with Gasteiger partial charge in [0.2, 0.25) is 5.91 Å². The molecule has 3 aromatic rings. The Labute approximate surface area is 186 Å². The van der Waals surface area contributed by atoms with Gasteiger partial charge in [-0.1, -0.05) is 90.5 Å². The molecule has 0 N–H and O–H groups in total. The molecule has 0 bridgehead atoms. The SMILES string of the molecule is Cc1cccc(CN2CCC(C(=O)N(Cc3ccccc3)Cc3ccccc3)CC2)c1. The van der Waals surface area contributed by atoms with Crippen LogP contribution in [0.4, 0.5) is 0 Å². The molecule has 1 saturated heterocycles. The fourth-order valence-electron chi connectivity index (χ4n) is 4.48. The van der Waals surface area contributed by atoms with Crippen LogP contribution < -0.4 is 0 Å². The zero-order chi connectivity index (χ0) is 21.5. The highest BCUT2D eigenvalue weighted by atomic mass is 16.2. The molecule has 3 nitrogen and oxygen atoms in total. The highest BCUT2D eigenvalue weighted by molar-refractivity contribution is 5.79. The number of likely N-dealkylation sites (tertiary alicyclic amines) is 1. The number of carbonyl (C=O) groups is 1. The van der Waals surface area contributed by atoms with Crippen LogP contribution in [-0.4, -0.2) is 28.8 Å². The Hall–Kier alpha value is -2.91. The molecule has 0 radical (unpaired) electrons. The van der Waals surface area contributed by atoms with E-state index in [2.05, 4.69) is 60.4 Å². The normalized spacial score (nSPS) is 15.0. The minimum atomic E-state index is 0.112. The number of carbonyl (C=O) groups excluding carboxylic acids is 1. The van der Waals surface area contributed by atoms with Crippen molar-refractivity contribution in [3.05, 3.63) is 107 Å². The van der Waals surface area contributed by atoms with E-state index in [1.165, 1.54) is 22.3 Å². The molecule has 160 valence electrons. The van der Waals surface area contributed by atoms with Gasteiger partial charge in [-0.05, 0) is 49.5 Å². The van der Waals surface area contributed by atoms with E-state index in [9.17, 15) is 4.79 Å². The molecule has 1 fully saturated rings. The zero-order valence-electron chi connectivity index (χ0n) is 18.4. The van der Waals surface area contributed by atoms with Gasteiger partial charge in [0.1, 0.15) is 0 Å². The first-order chi connectivity index (χ1) is 15.2. The number of hydrogen-bond donors (Lipinski definition) is 0. The van der Waals surface area contributed by atoms with Crippen molar-refractivity contribution in [1.29, 1.82) is 0 Å². The number of hydrogen-bond acceptors (Lipinski definition) is 2. The lowest BCUT2D eigenvalue weighted by atomic mass is 9.94. The Bertz CT molecular complexity index is 921. The van der Waals surface area contributed by atoms with E-state index in [0.29, 0.717) is 19.0 Å². The lowest BCUT2D eigenvalue weighted by Gasteiger charge is -2.34. The van der Waals surface area contributed by atoms with E-state index in [4.69, 9.17) is 0 Å². The summed E-state index contributed by atoms with van der Waals surface area (Å²) in [7, 11) is 0. The summed E-state index contributed by atoms with van der Waals surface area (Å²) in [6.45, 7) is 6.41. The molecular formula is C28H32N2O. The second kappa shape index (κ2) is 10.4. The molecule has 1 amide bonds. The van der Waals surface area contributed by atoms with Crippen molar-refractivity contribution in [2.75, 3.05) is 13.1 Å². The molecule has 0 spiro atoms. The van der Waals surface area contributed by atoms with Crippen LogP contribution in [0.2, 0.25) is 0 Å². The van der Waals surface area contributed by atoms with Crippen LogP contribution in [-0.2, 0) is 24.4 Å². The summed E-state index contributed by atoms with van der Waals surface area (Å²) < 4.78 is 0. The first-order valence-corrected chi connectivity index (χ1v) is 11.3. The van der Waals surface area contributed by atoms with Gasteiger partial charge in [-0.2, -0.15) is 0 Å². The zero-order valence-corrected chi connectivity index (χ0v) is 18.4. The van der Waals surface area contributed by atoms with Gasteiger partial charge in [-0.15, -0.1) is 0 Å². The molecule has 0 aliphatic carbocycles. The highest BCUT2D eigenvalue weighted by Crippen LogP contribution is 2.23. The highest BCUT2D eigenvalue weighted by Gasteiger charge is 2.28. The molecule has 3 aromatic carbocycles. The van der Waals surface area contributed by atoms with Crippen molar-refractivity contribution >= 4 is 5.91 Å². The minimum Gasteiger partial charge on any atom is -0.334 e. The predicted molar refractivity (Wildman–Crippen MR) is 126 cm³/mol.